The van der Waals surface area contributed by atoms with Crippen LogP contribution in [0.4, 0.5) is 0 Å². The first kappa shape index (κ1) is 42.5. The Morgan fingerprint density at radius 1 is 0.923 bits per heavy atom. The lowest BCUT2D eigenvalue weighted by atomic mass is 9.66. The summed E-state index contributed by atoms with van der Waals surface area (Å²) in [6.45, 7) is 31.0. The molecule has 3 aliphatic rings. The van der Waals surface area contributed by atoms with Crippen molar-refractivity contribution in [3.63, 3.8) is 0 Å². The minimum Gasteiger partial charge on any atom is -0.479 e. The molecular formula is C43H70O7Si2. The molecule has 1 aliphatic heterocycles. The van der Waals surface area contributed by atoms with E-state index >= 15 is 0 Å². The van der Waals surface area contributed by atoms with Crippen LogP contribution >= 0.6 is 0 Å². The summed E-state index contributed by atoms with van der Waals surface area (Å²) in [5.74, 6) is 1.05. The topological polar surface area (TPSA) is 80.3 Å². The lowest BCUT2D eigenvalue weighted by Crippen LogP contribution is -2.49. The molecule has 1 fully saturated rings. The van der Waals surface area contributed by atoms with E-state index < -0.39 is 22.7 Å². The fourth-order valence-corrected chi connectivity index (χ4v) is 9.95. The summed E-state index contributed by atoms with van der Waals surface area (Å²) in [7, 11) is -4.15. The fourth-order valence-electron chi connectivity index (χ4n) is 7.31. The van der Waals surface area contributed by atoms with Crippen molar-refractivity contribution in [3.8, 4) is 5.75 Å². The zero-order chi connectivity index (χ0) is 38.8. The number of fused-ring (bicyclic) bond motifs is 1. The third-order valence-corrected chi connectivity index (χ3v) is 21.7. The van der Waals surface area contributed by atoms with Crippen molar-refractivity contribution >= 4 is 28.6 Å². The van der Waals surface area contributed by atoms with E-state index in [0.717, 1.165) is 19.3 Å². The molecule has 0 amide bonds. The van der Waals surface area contributed by atoms with Crippen LogP contribution in [0.25, 0.3) is 0 Å². The molecule has 2 aliphatic carbocycles. The minimum atomic E-state index is -2.11. The lowest BCUT2D eigenvalue weighted by molar-refractivity contribution is -0.164. The maximum absolute atomic E-state index is 14.0. The summed E-state index contributed by atoms with van der Waals surface area (Å²) in [5.41, 5.74) is 2.40. The Kier molecular flexibility index (Phi) is 13.6. The standard InChI is InChI=1S/C43H70O7Si2/c1-15-37(46-32-20-18-30(19-21-32)28(2)3)41(45)48-38-26-34(49-51(11,12)42(5,6)7)24-31-17-16-29(4)36(40(31)38)23-22-33-25-35(27-39(44)47-33)50-52(13,14)43(8,9)10/h16-21,24,28-29,33-38,40H,15,22-23,25-27H2,1-14H3/t29-,33?,34-,35?,36-,37?,38-,40-/m0/s1. The van der Waals surface area contributed by atoms with Crippen LogP contribution in [0.5, 0.6) is 5.75 Å². The summed E-state index contributed by atoms with van der Waals surface area (Å²) < 4.78 is 32.4. The van der Waals surface area contributed by atoms with Gasteiger partial charge in [-0.1, -0.05) is 99.6 Å². The van der Waals surface area contributed by atoms with Crippen molar-refractivity contribution in [2.75, 3.05) is 0 Å². The Hall–Kier alpha value is -2.21. The van der Waals surface area contributed by atoms with Gasteiger partial charge in [0.05, 0.1) is 18.6 Å². The molecule has 1 saturated heterocycles. The van der Waals surface area contributed by atoms with E-state index in [0.29, 0.717) is 30.9 Å². The summed E-state index contributed by atoms with van der Waals surface area (Å²) in [6.07, 6.45) is 8.98. The number of benzene rings is 1. The number of ether oxygens (including phenoxy) is 3. The Labute approximate surface area is 317 Å². The zero-order valence-corrected chi connectivity index (χ0v) is 36.8. The average Bonchev–Trinajstić information content (AvgIpc) is 3.01. The smallest absolute Gasteiger partial charge is 0.347 e. The highest BCUT2D eigenvalue weighted by Gasteiger charge is 2.47. The van der Waals surface area contributed by atoms with E-state index in [9.17, 15) is 9.59 Å². The number of cyclic esters (lactones) is 1. The van der Waals surface area contributed by atoms with Crippen LogP contribution < -0.4 is 4.74 Å². The second-order valence-electron chi connectivity index (χ2n) is 19.1. The second kappa shape index (κ2) is 16.7. The molecule has 0 aromatic heterocycles. The summed E-state index contributed by atoms with van der Waals surface area (Å²) in [6, 6.07) is 8.01. The van der Waals surface area contributed by atoms with E-state index in [1.165, 1.54) is 11.1 Å². The fraction of sp³-hybridized carbons (Fsp3) is 0.721. The van der Waals surface area contributed by atoms with Crippen LogP contribution in [-0.2, 0) is 27.9 Å². The van der Waals surface area contributed by atoms with Gasteiger partial charge in [-0.2, -0.15) is 0 Å². The molecule has 4 rings (SSSR count). The number of rotatable bonds is 13. The Bertz CT molecular complexity index is 1430. The van der Waals surface area contributed by atoms with E-state index in [-0.39, 0.29) is 64.2 Å². The molecule has 292 valence electrons. The molecule has 8 atom stereocenters. The molecule has 0 saturated carbocycles. The normalized spacial score (nSPS) is 27.8. The van der Waals surface area contributed by atoms with Crippen molar-refractivity contribution in [2.24, 2.45) is 17.8 Å². The highest BCUT2D eigenvalue weighted by molar-refractivity contribution is 6.74. The predicted octanol–water partition coefficient (Wildman–Crippen LogP) is 10.9. The Morgan fingerprint density at radius 3 is 2.12 bits per heavy atom. The molecule has 52 heavy (non-hydrogen) atoms. The Balaban J connectivity index is 1.56. The second-order valence-corrected chi connectivity index (χ2v) is 28.6. The average molecular weight is 755 g/mol. The monoisotopic (exact) mass is 754 g/mol. The number of hydrogen-bond acceptors (Lipinski definition) is 7. The van der Waals surface area contributed by atoms with Crippen LogP contribution in [0.3, 0.4) is 0 Å². The van der Waals surface area contributed by atoms with E-state index in [2.05, 4.69) is 119 Å². The molecule has 7 nitrogen and oxygen atoms in total. The first-order chi connectivity index (χ1) is 24.0. The van der Waals surface area contributed by atoms with Gasteiger partial charge in [0.15, 0.2) is 22.7 Å². The first-order valence-electron chi connectivity index (χ1n) is 19.9. The van der Waals surface area contributed by atoms with Crippen molar-refractivity contribution in [1.82, 2.24) is 0 Å². The van der Waals surface area contributed by atoms with Crippen molar-refractivity contribution in [2.45, 2.75) is 180 Å². The van der Waals surface area contributed by atoms with Crippen LogP contribution in [0.2, 0.25) is 36.3 Å². The third-order valence-electron chi connectivity index (χ3n) is 12.6. The zero-order valence-electron chi connectivity index (χ0n) is 34.8. The van der Waals surface area contributed by atoms with Crippen LogP contribution in [0, 0.1) is 17.8 Å². The molecule has 9 heteroatoms. The Morgan fingerprint density at radius 2 is 1.54 bits per heavy atom. The number of hydrogen-bond donors (Lipinski definition) is 0. The minimum absolute atomic E-state index is 0.00428. The lowest BCUT2D eigenvalue weighted by Gasteiger charge is -2.46. The maximum Gasteiger partial charge on any atom is 0.347 e. The van der Waals surface area contributed by atoms with Gasteiger partial charge < -0.3 is 23.1 Å². The largest absolute Gasteiger partial charge is 0.479 e. The highest BCUT2D eigenvalue weighted by Crippen LogP contribution is 2.47. The van der Waals surface area contributed by atoms with Crippen LogP contribution in [-0.4, -0.2) is 59.1 Å². The summed E-state index contributed by atoms with van der Waals surface area (Å²) in [5, 5.41) is 0.111. The highest BCUT2D eigenvalue weighted by atomic mass is 28.4. The molecule has 3 unspecified atom stereocenters. The van der Waals surface area contributed by atoms with Gasteiger partial charge in [-0.15, -0.1) is 0 Å². The van der Waals surface area contributed by atoms with Crippen molar-refractivity contribution < 1.29 is 32.7 Å². The maximum atomic E-state index is 14.0. The number of allylic oxidation sites excluding steroid dienone is 2. The molecule has 0 spiro atoms. The molecule has 1 aromatic carbocycles. The SMILES string of the molecule is CCC(Oc1ccc(C(C)C)cc1)C(=O)O[C@H]1C[C@@H](O[Si](C)(C)C(C)(C)C)C=C2C=C[C@H](C)[C@H](CCC3CC(O[Si](C)(C)C(C)(C)C)CC(=O)O3)[C@H]21. The van der Waals surface area contributed by atoms with Gasteiger partial charge in [-0.3, -0.25) is 4.79 Å². The molecule has 1 aromatic rings. The van der Waals surface area contributed by atoms with Gasteiger partial charge in [-0.05, 0) is 96.6 Å². The van der Waals surface area contributed by atoms with Crippen molar-refractivity contribution in [1.29, 1.82) is 0 Å². The molecule has 0 N–H and O–H groups in total. The third kappa shape index (κ3) is 10.5. The van der Waals surface area contributed by atoms with Crippen LogP contribution in [0.15, 0.2) is 48.1 Å². The molecule has 0 bridgehead atoms. The van der Waals surface area contributed by atoms with E-state index in [1.807, 2.05) is 19.1 Å². The molecule has 0 radical (unpaired) electrons. The van der Waals surface area contributed by atoms with E-state index in [1.54, 1.807) is 0 Å². The summed E-state index contributed by atoms with van der Waals surface area (Å²) >= 11 is 0. The van der Waals surface area contributed by atoms with Crippen molar-refractivity contribution in [3.05, 3.63) is 53.6 Å². The van der Waals surface area contributed by atoms with Gasteiger partial charge >= 0.3 is 11.9 Å². The predicted molar refractivity (Wildman–Crippen MR) is 216 cm³/mol. The quantitative estimate of drug-likeness (QED) is 0.146. The number of esters is 2. The number of carbonyl (C=O) groups excluding carboxylic acids is 2. The summed E-state index contributed by atoms with van der Waals surface area (Å²) in [4.78, 5) is 26.9. The van der Waals surface area contributed by atoms with Gasteiger partial charge in [0.2, 0.25) is 0 Å². The molecule has 1 heterocycles. The van der Waals surface area contributed by atoms with Gasteiger partial charge in [0.1, 0.15) is 18.0 Å². The van der Waals surface area contributed by atoms with Gasteiger partial charge in [-0.25, -0.2) is 4.79 Å². The first-order valence-corrected chi connectivity index (χ1v) is 25.7. The van der Waals surface area contributed by atoms with Crippen LogP contribution in [0.1, 0.15) is 119 Å². The molecular weight excluding hydrogens is 685 g/mol. The van der Waals surface area contributed by atoms with Gasteiger partial charge in [0, 0.05) is 18.8 Å². The number of carbonyl (C=O) groups is 2. The van der Waals surface area contributed by atoms with E-state index in [4.69, 9.17) is 23.1 Å². The van der Waals surface area contributed by atoms with Gasteiger partial charge in [0.25, 0.3) is 0 Å².